The van der Waals surface area contributed by atoms with Crippen LogP contribution in [0.1, 0.15) is 119 Å². The molecule has 0 spiro atoms. The molecule has 1 aromatic rings. The number of ether oxygens (including phenoxy) is 2. The minimum absolute atomic E-state index is 0.00135. The third-order valence-electron chi connectivity index (χ3n) is 13.1. The van der Waals surface area contributed by atoms with Crippen LogP contribution in [0, 0.1) is 35.0 Å². The van der Waals surface area contributed by atoms with Crippen LogP contribution >= 0.6 is 11.8 Å². The average molecular weight is 825 g/mol. The Kier molecular flexibility index (Phi) is 16.9. The van der Waals surface area contributed by atoms with E-state index < -0.39 is 24.0 Å². The van der Waals surface area contributed by atoms with Crippen LogP contribution in [0.15, 0.2) is 29.3 Å². The normalized spacial score (nSPS) is 31.3. The van der Waals surface area contributed by atoms with Crippen LogP contribution in [-0.4, -0.2) is 113 Å². The molecule has 12 heteroatoms. The van der Waals surface area contributed by atoms with E-state index in [4.69, 9.17) is 14.5 Å². The molecule has 324 valence electrons. The number of methoxy groups -OCH3 is 1. The molecule has 10 atom stereocenters. The molecule has 3 heterocycles. The highest BCUT2D eigenvalue weighted by molar-refractivity contribution is 8.14. The minimum Gasteiger partial charge on any atom is -0.497 e. The highest BCUT2D eigenvalue weighted by Gasteiger charge is 2.44. The first-order valence-corrected chi connectivity index (χ1v) is 22.6. The number of amides is 3. The van der Waals surface area contributed by atoms with Crippen molar-refractivity contribution in [3.8, 4) is 5.75 Å². The molecular formula is C46H72N4O7S. The molecular weight excluding hydrogens is 753 g/mol. The topological polar surface area (TPSA) is 126 Å². The lowest BCUT2D eigenvalue weighted by atomic mass is 9.80. The highest BCUT2D eigenvalue weighted by Crippen LogP contribution is 2.36. The molecule has 11 nitrogen and oxygen atoms in total. The molecule has 1 aromatic carbocycles. The van der Waals surface area contributed by atoms with E-state index in [1.807, 2.05) is 38.1 Å². The number of benzene rings is 1. The minimum atomic E-state index is -0.915. The quantitative estimate of drug-likeness (QED) is 0.280. The molecule has 3 aliphatic heterocycles. The van der Waals surface area contributed by atoms with Crippen molar-refractivity contribution in [3.63, 3.8) is 0 Å². The maximum absolute atomic E-state index is 14.6. The molecule has 0 aromatic heterocycles. The molecule has 58 heavy (non-hydrogen) atoms. The summed E-state index contributed by atoms with van der Waals surface area (Å²) in [5.74, 6) is 0.119. The third kappa shape index (κ3) is 11.9. The Hall–Kier alpha value is -3.41. The Labute approximate surface area is 352 Å². The largest absolute Gasteiger partial charge is 0.497 e. The molecule has 0 N–H and O–H groups in total. The summed E-state index contributed by atoms with van der Waals surface area (Å²) in [6.07, 6.45) is 4.38. The molecule has 4 rings (SSSR count). The number of aliphatic imine (C=N–C) groups is 1. The number of cyclic esters (lactones) is 1. The number of esters is 1. The first kappa shape index (κ1) is 47.3. The van der Waals surface area contributed by atoms with Crippen LogP contribution < -0.4 is 4.74 Å². The Morgan fingerprint density at radius 1 is 0.931 bits per heavy atom. The predicted molar refractivity (Wildman–Crippen MR) is 232 cm³/mol. The number of fused-ring (bicyclic) bond motifs is 2. The molecule has 3 amide bonds. The van der Waals surface area contributed by atoms with E-state index in [1.54, 1.807) is 44.8 Å². The fourth-order valence-corrected chi connectivity index (χ4v) is 10.0. The van der Waals surface area contributed by atoms with Crippen molar-refractivity contribution in [2.75, 3.05) is 33.5 Å². The third-order valence-corrected chi connectivity index (χ3v) is 14.4. The number of likely N-dealkylation sites (N-methyl/N-ethyl adjacent to an activating group) is 2. The van der Waals surface area contributed by atoms with Crippen LogP contribution in [-0.2, 0) is 35.1 Å². The molecule has 3 aliphatic rings. The van der Waals surface area contributed by atoms with Gasteiger partial charge in [0.1, 0.15) is 35.8 Å². The number of rotatable bonds is 5. The number of ketones is 1. The van der Waals surface area contributed by atoms with Crippen molar-refractivity contribution in [1.29, 1.82) is 0 Å². The molecule has 0 radical (unpaired) electrons. The van der Waals surface area contributed by atoms with Crippen molar-refractivity contribution in [1.82, 2.24) is 14.7 Å². The van der Waals surface area contributed by atoms with Crippen LogP contribution in [0.2, 0.25) is 0 Å². The second-order valence-corrected chi connectivity index (χ2v) is 19.7. The zero-order chi connectivity index (χ0) is 43.1. The first-order valence-electron chi connectivity index (χ1n) is 21.7. The Balaban J connectivity index is 1.69. The fraction of sp³-hybridized carbons (Fsp3) is 0.739. The van der Waals surface area contributed by atoms with Crippen LogP contribution in [0.4, 0.5) is 0 Å². The second kappa shape index (κ2) is 20.7. The number of hydrogen-bond acceptors (Lipinski definition) is 9. The number of carbonyl (C=O) groups is 5. The molecule has 0 unspecified atom stereocenters. The molecule has 0 aliphatic carbocycles. The van der Waals surface area contributed by atoms with Crippen LogP contribution in [0.25, 0.3) is 0 Å². The van der Waals surface area contributed by atoms with Gasteiger partial charge in [0.25, 0.3) is 0 Å². The van der Waals surface area contributed by atoms with E-state index in [2.05, 4.69) is 41.5 Å². The summed E-state index contributed by atoms with van der Waals surface area (Å²) in [7, 11) is 4.82. The lowest BCUT2D eigenvalue weighted by Gasteiger charge is -2.39. The van der Waals surface area contributed by atoms with Gasteiger partial charge in [0.15, 0.2) is 0 Å². The van der Waals surface area contributed by atoms with Gasteiger partial charge in [-0.2, -0.15) is 0 Å². The summed E-state index contributed by atoms with van der Waals surface area (Å²) in [4.78, 5) is 80.7. The summed E-state index contributed by atoms with van der Waals surface area (Å²) < 4.78 is 11.7. The van der Waals surface area contributed by atoms with E-state index in [-0.39, 0.29) is 71.2 Å². The van der Waals surface area contributed by atoms with Crippen molar-refractivity contribution >= 4 is 46.3 Å². The zero-order valence-electron chi connectivity index (χ0n) is 37.4. The van der Waals surface area contributed by atoms with Gasteiger partial charge in [-0.05, 0) is 86.3 Å². The second-order valence-electron chi connectivity index (χ2n) is 18.7. The van der Waals surface area contributed by atoms with Gasteiger partial charge in [0.2, 0.25) is 17.7 Å². The van der Waals surface area contributed by atoms with E-state index in [0.29, 0.717) is 63.2 Å². The van der Waals surface area contributed by atoms with E-state index >= 15 is 0 Å². The first-order chi connectivity index (χ1) is 27.3. The van der Waals surface area contributed by atoms with Gasteiger partial charge in [-0.25, -0.2) is 4.79 Å². The standard InChI is InChI=1S/C46H72N4O7S/c1-13-29(3)40-44(54)50-22-14-15-38(50)45(55)57-39(46(7,8)9)24-28(2)23-30(4)31(5)41-47-35(27-58-41)18-19-36(51)26-34(25-33-16-20-37(56-12)21-17-33)43(53)48(10)32(6)42(52)49(40)11/h16-17,20-21,28-32,34-35,38-40H,13-15,18-19,22-27H2,1-12H3/t28-,29-,30-,31-,32-,34+,35+,38-,39-,40-/m0/s1. The number of carbonyl (C=O) groups excluding carboxylic acids is 5. The SMILES string of the molecule is CC[C@H](C)[C@H]1C(=O)N2CCC[C@H]2C(=O)O[C@H](C(C)(C)C)C[C@@H](C)C[C@H](C)[C@H](C)C2=N[C@H](CCC(=O)C[C@@H](Cc3ccc(OC)cc3)C(=O)N(C)[C@@H](C)C(=O)N1C)CS2. The van der Waals surface area contributed by atoms with Gasteiger partial charge in [0, 0.05) is 51.1 Å². The lowest BCUT2D eigenvalue weighted by Crippen LogP contribution is -2.58. The Bertz CT molecular complexity index is 1630. The van der Waals surface area contributed by atoms with Crippen LogP contribution in [0.3, 0.4) is 0 Å². The molecule has 2 bridgehead atoms. The Morgan fingerprint density at radius 2 is 1.60 bits per heavy atom. The zero-order valence-corrected chi connectivity index (χ0v) is 38.2. The summed E-state index contributed by atoms with van der Waals surface area (Å²) in [6, 6.07) is 5.01. The summed E-state index contributed by atoms with van der Waals surface area (Å²) in [5.41, 5.74) is 0.569. The molecule has 1 fully saturated rings. The van der Waals surface area contributed by atoms with E-state index in [1.165, 1.54) is 9.80 Å². The molecule has 0 saturated carbocycles. The van der Waals surface area contributed by atoms with Gasteiger partial charge >= 0.3 is 5.97 Å². The smallest absolute Gasteiger partial charge is 0.329 e. The summed E-state index contributed by atoms with van der Waals surface area (Å²) in [6.45, 7) is 19.0. The fourth-order valence-electron chi connectivity index (χ4n) is 8.71. The maximum atomic E-state index is 14.6. The number of nitrogens with zero attached hydrogens (tertiary/aromatic N) is 4. The van der Waals surface area contributed by atoms with Crippen LogP contribution in [0.5, 0.6) is 5.75 Å². The lowest BCUT2D eigenvalue weighted by molar-refractivity contribution is -0.166. The maximum Gasteiger partial charge on any atom is 0.329 e. The van der Waals surface area contributed by atoms with Crippen molar-refractivity contribution < 1.29 is 33.4 Å². The number of thioether (sulfide) groups is 1. The number of Topliss-reactive ketones (excluding diaryl/α,β-unsaturated/α-hetero) is 1. The number of hydrogen-bond donors (Lipinski definition) is 0. The van der Waals surface area contributed by atoms with Crippen molar-refractivity contribution in [3.05, 3.63) is 29.8 Å². The summed E-state index contributed by atoms with van der Waals surface area (Å²) >= 11 is 1.78. The van der Waals surface area contributed by atoms with Gasteiger partial charge < -0.3 is 24.2 Å². The predicted octanol–water partition coefficient (Wildman–Crippen LogP) is 7.48. The molecule has 1 saturated heterocycles. The van der Waals surface area contributed by atoms with Gasteiger partial charge in [-0.1, -0.05) is 73.9 Å². The van der Waals surface area contributed by atoms with Gasteiger partial charge in [-0.3, -0.25) is 24.2 Å². The van der Waals surface area contributed by atoms with Gasteiger partial charge in [0.05, 0.1) is 18.2 Å². The van der Waals surface area contributed by atoms with Crippen molar-refractivity contribution in [2.45, 2.75) is 150 Å². The highest BCUT2D eigenvalue weighted by atomic mass is 32.2. The van der Waals surface area contributed by atoms with E-state index in [0.717, 1.165) is 22.8 Å². The monoisotopic (exact) mass is 825 g/mol. The Morgan fingerprint density at radius 3 is 2.22 bits per heavy atom. The van der Waals surface area contributed by atoms with Crippen molar-refractivity contribution in [2.24, 2.45) is 40.0 Å². The van der Waals surface area contributed by atoms with Gasteiger partial charge in [-0.15, -0.1) is 11.8 Å². The van der Waals surface area contributed by atoms with E-state index in [9.17, 15) is 24.0 Å². The summed E-state index contributed by atoms with van der Waals surface area (Å²) in [5, 5.41) is 1.13. The average Bonchev–Trinajstić information content (AvgIpc) is 3.88.